The first-order valence-electron chi connectivity index (χ1n) is 45.7. The Labute approximate surface area is 763 Å². The number of β-amino-alcohol motifs (C(OH)–C–C–N with tert-alkyl or cyclic N) is 3. The van der Waals surface area contributed by atoms with Crippen LogP contribution in [0.3, 0.4) is 0 Å². The second-order valence-electron chi connectivity index (χ2n) is 35.5. The average Bonchev–Trinajstić information content (AvgIpc) is 1.62. The van der Waals surface area contributed by atoms with Crippen molar-refractivity contribution < 1.29 is 123 Å². The topological polar surface area (TPSA) is 475 Å². The van der Waals surface area contributed by atoms with Crippen LogP contribution in [0.25, 0.3) is 0 Å². The third-order valence-corrected chi connectivity index (χ3v) is 21.5. The number of nitrogens with one attached hydrogen (secondary N) is 5. The number of esters is 6. The van der Waals surface area contributed by atoms with Gasteiger partial charge < -0.3 is 113 Å². The standard InChI is InChI=1S/C24H40N2O6.C17H27NO7S.C16H25N3O3.C16H25NO5.C7H16N2O2.C7H13NO2.C4H9NO/c1-6-31-22(28)20-17(2)21(23(29)32-24(3,4)5)25-19(20)11-9-7-8-10-18(27)16-26-12-14-30-15-13-26;1-7-23-15(19)13-11(2)14(16(20)25-17(3,4)5)18-12(13)9-8-10-24-26(6,21)22;1-12-9-17-14-3-2-4-19(16(21)15(12)14)11-13(20)10-18-5-7-22-8-6-18;1-6-21-14(19)12-10(2)13(15(20)22-16(3,4)5)17-11(12)8-7-9-18;8-5-7(10)6-9-1-3-11-4-2-9;1-3-9-4-2-8(1)5-7-6-10-7;1-3-6-4-2-5-1/h18,25,27H,6-16H2,1-5H3;18H,7-10H2,1-6H3;9,13,17,20H,2-8,10-11H2,1H3;17-18H,6-9H2,1-5H3;7,10H,1-6,8H2;7H,1-6H2;5H,1-4H2/t18-;;13-;;2*7-;/m0.1.01./s1. The van der Waals surface area contributed by atoms with E-state index >= 15 is 0 Å². The minimum absolute atomic E-state index is 0.00209. The molecule has 11 rings (SSSR count). The van der Waals surface area contributed by atoms with Crippen molar-refractivity contribution in [2.45, 2.75) is 223 Å². The van der Waals surface area contributed by atoms with Crippen LogP contribution in [0.1, 0.15) is 246 Å². The lowest BCUT2D eigenvalue weighted by atomic mass is 10.0. The maximum Gasteiger partial charge on any atom is 0.355 e. The number of aromatic amines is 4. The molecular formula is C91H155N11O26S. The Kier molecular flexibility index (Phi) is 50.4. The fourth-order valence-electron chi connectivity index (χ4n) is 14.6. The normalized spacial score (nSPS) is 17.8. The molecule has 11 N–H and O–H groups in total. The number of rotatable bonds is 34. The van der Waals surface area contributed by atoms with Gasteiger partial charge in [-0.15, -0.1) is 0 Å². The minimum atomic E-state index is -3.53. The minimum Gasteiger partial charge on any atom is -0.462 e. The van der Waals surface area contributed by atoms with Crippen LogP contribution in [0, 0.1) is 27.7 Å². The van der Waals surface area contributed by atoms with E-state index in [-0.39, 0.29) is 68.1 Å². The van der Waals surface area contributed by atoms with Crippen molar-refractivity contribution in [1.29, 1.82) is 0 Å². The Morgan fingerprint density at radius 2 is 0.891 bits per heavy atom. The fourth-order valence-corrected chi connectivity index (χ4v) is 15.0. The van der Waals surface area contributed by atoms with Gasteiger partial charge in [-0.1, -0.05) is 12.8 Å². The van der Waals surface area contributed by atoms with Crippen molar-refractivity contribution >= 4 is 51.8 Å². The Balaban J connectivity index is 0.000000279. The average molecular weight is 1850 g/mol. The highest BCUT2D eigenvalue weighted by molar-refractivity contribution is 7.86. The molecule has 6 saturated heterocycles. The molecule has 0 saturated carbocycles. The van der Waals surface area contributed by atoms with Crippen molar-refractivity contribution in [3.63, 3.8) is 0 Å². The van der Waals surface area contributed by atoms with Crippen LogP contribution in [0.5, 0.6) is 0 Å². The van der Waals surface area contributed by atoms with Crippen LogP contribution in [0.4, 0.5) is 0 Å². The van der Waals surface area contributed by atoms with E-state index < -0.39 is 68.8 Å². The zero-order valence-electron chi connectivity index (χ0n) is 80.0. The van der Waals surface area contributed by atoms with Crippen molar-refractivity contribution in [3.8, 4) is 0 Å². The molecule has 7 aliphatic rings. The second kappa shape index (κ2) is 58.0. The number of hydrogen-bond acceptors (Lipinski definition) is 32. The highest BCUT2D eigenvalue weighted by atomic mass is 32.2. The number of unbranched alkanes of at least 4 members (excludes halogenated alkanes) is 2. The van der Waals surface area contributed by atoms with E-state index in [1.54, 1.807) is 88.0 Å². The molecule has 38 heteroatoms. The third kappa shape index (κ3) is 43.1. The largest absolute Gasteiger partial charge is 0.462 e. The van der Waals surface area contributed by atoms with Crippen LogP contribution in [-0.4, -0.2) is 379 Å². The molecule has 11 heterocycles. The van der Waals surface area contributed by atoms with Crippen LogP contribution in [0.2, 0.25) is 0 Å². The molecule has 0 aromatic carbocycles. The molecule has 736 valence electrons. The summed E-state index contributed by atoms with van der Waals surface area (Å²) in [5, 5.41) is 42.0. The van der Waals surface area contributed by atoms with Gasteiger partial charge in [0, 0.05) is 147 Å². The summed E-state index contributed by atoms with van der Waals surface area (Å²) < 4.78 is 89.4. The number of H-pyrrole nitrogens is 4. The van der Waals surface area contributed by atoms with Gasteiger partial charge in [0.05, 0.1) is 152 Å². The van der Waals surface area contributed by atoms with Crippen molar-refractivity contribution in [3.05, 3.63) is 90.6 Å². The Morgan fingerprint density at radius 3 is 1.25 bits per heavy atom. The number of morpholine rings is 5. The number of fused-ring (bicyclic) bond motifs is 1. The molecule has 1 amide bonds. The van der Waals surface area contributed by atoms with Crippen LogP contribution >= 0.6 is 0 Å². The van der Waals surface area contributed by atoms with Crippen molar-refractivity contribution in [2.75, 3.05) is 223 Å². The number of aromatic nitrogens is 4. The smallest absolute Gasteiger partial charge is 0.355 e. The zero-order valence-corrected chi connectivity index (χ0v) is 80.8. The summed E-state index contributed by atoms with van der Waals surface area (Å²) in [7, 11) is -3.53. The molecule has 0 radical (unpaired) electrons. The van der Waals surface area contributed by atoms with Gasteiger partial charge in [0.1, 0.15) is 33.9 Å². The number of hydrogen-bond donors (Lipinski definition) is 10. The number of aryl methyl sites for hydroxylation is 5. The Morgan fingerprint density at radius 1 is 0.512 bits per heavy atom. The maximum atomic E-state index is 12.7. The van der Waals surface area contributed by atoms with E-state index in [0.717, 1.165) is 206 Å². The van der Waals surface area contributed by atoms with Crippen LogP contribution < -0.4 is 11.1 Å². The lowest BCUT2D eigenvalue weighted by Gasteiger charge is -2.31. The number of carbonyl (C=O) groups is 7. The summed E-state index contributed by atoms with van der Waals surface area (Å²) in [6, 6.07) is 0. The van der Waals surface area contributed by atoms with E-state index in [4.69, 9.17) is 71.9 Å². The monoisotopic (exact) mass is 1850 g/mol. The van der Waals surface area contributed by atoms with Crippen LogP contribution in [-0.2, 0) is 96.8 Å². The fraction of sp³-hybridized carbons (Fsp3) is 0.747. The highest BCUT2D eigenvalue weighted by Gasteiger charge is 2.34. The predicted molar refractivity (Wildman–Crippen MR) is 486 cm³/mol. The molecular weight excluding hydrogens is 1700 g/mol. The summed E-state index contributed by atoms with van der Waals surface area (Å²) in [4.78, 5) is 110. The first kappa shape index (κ1) is 112. The number of aliphatic hydroxyl groups is 4. The molecule has 0 bridgehead atoms. The molecule has 0 aliphatic carbocycles. The first-order valence-corrected chi connectivity index (χ1v) is 47.5. The van der Waals surface area contributed by atoms with Gasteiger partial charge >= 0.3 is 35.8 Å². The van der Waals surface area contributed by atoms with E-state index in [0.29, 0.717) is 128 Å². The quantitative estimate of drug-likeness (QED) is 0.00799. The predicted octanol–water partition coefficient (Wildman–Crippen LogP) is 6.36. The summed E-state index contributed by atoms with van der Waals surface area (Å²) in [6.07, 6.45) is 9.62. The summed E-state index contributed by atoms with van der Waals surface area (Å²) in [5.74, 6) is -2.95. The van der Waals surface area contributed by atoms with Gasteiger partial charge in [0.25, 0.3) is 16.0 Å². The highest BCUT2D eigenvalue weighted by Crippen LogP contribution is 2.29. The number of epoxide rings is 1. The summed E-state index contributed by atoms with van der Waals surface area (Å²) in [6.45, 7) is 52.0. The summed E-state index contributed by atoms with van der Waals surface area (Å²) >= 11 is 0. The lowest BCUT2D eigenvalue weighted by molar-refractivity contribution is 0.00500. The number of amides is 1. The molecule has 4 aromatic rings. The molecule has 0 unspecified atom stereocenters. The SMILES string of the molecule is C1CN(C[C@@H]2CO2)CCO1.C1COCCN1.CCOC(=O)c1c(CCCCC[C@H](O)CN2CCOCC2)[nH]c(C(=O)OC(C)(C)C)c1C.CCOC(=O)c1c(CCCO)[nH]c(C(=O)OC(C)(C)C)c1C.CCOC(=O)c1c(CCCOS(C)(=O)=O)[nH]c(C(=O)OC(C)(C)C)c1C.Cc1c[nH]c2c1C(=O)N(C[C@H](O)CN1CCOCC1)CCC2.NC[C@H](O)CN1CCOCC1. The molecule has 37 nitrogen and oxygen atoms in total. The molecule has 4 atom stereocenters. The van der Waals surface area contributed by atoms with E-state index in [1.807, 2.05) is 33.9 Å². The first-order chi connectivity index (χ1) is 61.1. The molecule has 7 aliphatic heterocycles. The lowest BCUT2D eigenvalue weighted by Crippen LogP contribution is -2.46. The molecule has 4 aromatic heterocycles. The van der Waals surface area contributed by atoms with Crippen molar-refractivity contribution in [2.24, 2.45) is 5.73 Å². The second-order valence-corrected chi connectivity index (χ2v) is 37.1. The third-order valence-electron chi connectivity index (χ3n) is 20.9. The van der Waals surface area contributed by atoms with E-state index in [1.165, 1.54) is 0 Å². The van der Waals surface area contributed by atoms with Gasteiger partial charge in [-0.3, -0.25) is 28.6 Å². The zero-order chi connectivity index (χ0) is 95.4. The number of ether oxygens (including phenoxy) is 12. The van der Waals surface area contributed by atoms with Gasteiger partial charge in [-0.25, -0.2) is 28.8 Å². The number of carbonyl (C=O) groups excluding carboxylic acids is 7. The van der Waals surface area contributed by atoms with Crippen LogP contribution in [0.15, 0.2) is 6.20 Å². The van der Waals surface area contributed by atoms with E-state index in [9.17, 15) is 57.3 Å². The number of aliphatic hydroxyl groups excluding tert-OH is 4. The summed E-state index contributed by atoms with van der Waals surface area (Å²) in [5.41, 5.74) is 11.3. The number of nitrogens with zero attached hydrogens (tertiary/aromatic N) is 5. The van der Waals surface area contributed by atoms with E-state index in [2.05, 4.69) is 44.9 Å². The van der Waals surface area contributed by atoms with Gasteiger partial charge in [-0.2, -0.15) is 8.42 Å². The van der Waals surface area contributed by atoms with Gasteiger partial charge in [-0.05, 0) is 191 Å². The molecule has 129 heavy (non-hydrogen) atoms. The molecule has 6 fully saturated rings. The number of nitrogens with two attached hydrogens (primary N) is 1. The Bertz CT molecular complexity index is 4080. The van der Waals surface area contributed by atoms with Gasteiger partial charge in [0.15, 0.2) is 0 Å². The molecule has 0 spiro atoms. The van der Waals surface area contributed by atoms with Crippen molar-refractivity contribution in [1.82, 2.24) is 49.8 Å². The van der Waals surface area contributed by atoms with Gasteiger partial charge in [0.2, 0.25) is 0 Å². The maximum absolute atomic E-state index is 12.7. The Hall–Kier alpha value is -7.32.